The highest BCUT2D eigenvalue weighted by molar-refractivity contribution is 6.29. The van der Waals surface area contributed by atoms with E-state index in [0.717, 1.165) is 26.2 Å². The molecule has 0 unspecified atom stereocenters. The summed E-state index contributed by atoms with van der Waals surface area (Å²) in [5.74, 6) is 0. The Bertz CT molecular complexity index is 377. The molecule has 1 N–H and O–H groups in total. The van der Waals surface area contributed by atoms with Crippen LogP contribution in [0.2, 0.25) is 5.15 Å². The zero-order chi connectivity index (χ0) is 13.2. The summed E-state index contributed by atoms with van der Waals surface area (Å²) in [6, 6.07) is 4.38. The van der Waals surface area contributed by atoms with Gasteiger partial charge in [-0.2, -0.15) is 0 Å². The van der Waals surface area contributed by atoms with Crippen molar-refractivity contribution in [2.24, 2.45) is 5.41 Å². The van der Waals surface area contributed by atoms with Crippen LogP contribution in [-0.4, -0.2) is 36.1 Å². The Kier molecular flexibility index (Phi) is 4.25. The van der Waals surface area contributed by atoms with Crippen LogP contribution in [0.3, 0.4) is 0 Å². The fraction of sp³-hybridized carbons (Fsp3) is 0.643. The molecular weight excluding hydrogens is 246 g/mol. The summed E-state index contributed by atoms with van der Waals surface area (Å²) in [6.07, 6.45) is 1.92. The van der Waals surface area contributed by atoms with Crippen molar-refractivity contribution in [1.29, 1.82) is 0 Å². The Balaban J connectivity index is 2.27. The van der Waals surface area contributed by atoms with E-state index in [1.165, 1.54) is 5.56 Å². The van der Waals surface area contributed by atoms with E-state index < -0.39 is 0 Å². The smallest absolute Gasteiger partial charge is 0.129 e. The summed E-state index contributed by atoms with van der Waals surface area (Å²) in [6.45, 7) is 11.2. The van der Waals surface area contributed by atoms with E-state index in [9.17, 15) is 0 Å². The molecular formula is C14H22ClN3. The lowest BCUT2D eigenvalue weighted by Crippen LogP contribution is -2.48. The molecule has 2 heterocycles. The summed E-state index contributed by atoms with van der Waals surface area (Å²) < 4.78 is 0. The van der Waals surface area contributed by atoms with Gasteiger partial charge in [-0.25, -0.2) is 4.98 Å². The van der Waals surface area contributed by atoms with Gasteiger partial charge in [0.2, 0.25) is 0 Å². The Morgan fingerprint density at radius 3 is 2.44 bits per heavy atom. The lowest BCUT2D eigenvalue weighted by molar-refractivity contribution is 0.0860. The number of hydrogen-bond acceptors (Lipinski definition) is 3. The molecule has 0 bridgehead atoms. The van der Waals surface area contributed by atoms with Crippen molar-refractivity contribution in [1.82, 2.24) is 15.2 Å². The second kappa shape index (κ2) is 5.55. The quantitative estimate of drug-likeness (QED) is 0.836. The van der Waals surface area contributed by atoms with E-state index >= 15 is 0 Å². The van der Waals surface area contributed by atoms with Crippen LogP contribution in [0.15, 0.2) is 18.3 Å². The first-order valence-electron chi connectivity index (χ1n) is 6.55. The number of rotatable bonds is 2. The van der Waals surface area contributed by atoms with Gasteiger partial charge in [-0.3, -0.25) is 4.90 Å². The molecule has 0 aliphatic carbocycles. The number of nitrogens with zero attached hydrogens (tertiary/aromatic N) is 2. The van der Waals surface area contributed by atoms with Crippen LogP contribution in [-0.2, 0) is 0 Å². The molecule has 1 aromatic rings. The molecule has 1 aliphatic heterocycles. The second-order valence-corrected chi connectivity index (χ2v) is 6.36. The first-order chi connectivity index (χ1) is 8.48. The van der Waals surface area contributed by atoms with Gasteiger partial charge in [0.15, 0.2) is 0 Å². The van der Waals surface area contributed by atoms with E-state index in [1.807, 2.05) is 12.3 Å². The van der Waals surface area contributed by atoms with E-state index in [4.69, 9.17) is 11.6 Å². The van der Waals surface area contributed by atoms with Crippen molar-refractivity contribution >= 4 is 11.6 Å². The second-order valence-electron chi connectivity index (χ2n) is 5.97. The monoisotopic (exact) mass is 267 g/mol. The molecule has 1 aromatic heterocycles. The standard InChI is InChI=1S/C14H22ClN3/c1-14(2,3)13(18-8-6-16-7-9-18)11-4-5-12(15)17-10-11/h4-5,10,13,16H,6-9H2,1-3H3/t13-/m0/s1. The van der Waals surface area contributed by atoms with Crippen LogP contribution in [0, 0.1) is 5.41 Å². The number of aromatic nitrogens is 1. The predicted molar refractivity (Wildman–Crippen MR) is 75.9 cm³/mol. The van der Waals surface area contributed by atoms with Crippen LogP contribution >= 0.6 is 11.6 Å². The van der Waals surface area contributed by atoms with Gasteiger partial charge in [-0.05, 0) is 17.0 Å². The molecule has 18 heavy (non-hydrogen) atoms. The van der Waals surface area contributed by atoms with Crippen molar-refractivity contribution < 1.29 is 0 Å². The maximum atomic E-state index is 5.88. The third-order valence-corrected chi connectivity index (χ3v) is 3.63. The summed E-state index contributed by atoms with van der Waals surface area (Å²) in [7, 11) is 0. The molecule has 1 atom stereocenters. The Morgan fingerprint density at radius 1 is 1.28 bits per heavy atom. The number of halogens is 1. The third kappa shape index (κ3) is 3.22. The highest BCUT2D eigenvalue weighted by Gasteiger charge is 2.32. The zero-order valence-electron chi connectivity index (χ0n) is 11.4. The number of nitrogens with one attached hydrogen (secondary N) is 1. The summed E-state index contributed by atoms with van der Waals surface area (Å²) in [4.78, 5) is 6.77. The number of hydrogen-bond donors (Lipinski definition) is 1. The first-order valence-corrected chi connectivity index (χ1v) is 6.92. The van der Waals surface area contributed by atoms with Crippen molar-refractivity contribution in [2.45, 2.75) is 26.8 Å². The van der Waals surface area contributed by atoms with Crippen molar-refractivity contribution in [3.8, 4) is 0 Å². The molecule has 3 nitrogen and oxygen atoms in total. The third-order valence-electron chi connectivity index (χ3n) is 3.40. The molecule has 4 heteroatoms. The molecule has 1 aliphatic rings. The summed E-state index contributed by atoms with van der Waals surface area (Å²) in [5.41, 5.74) is 1.45. The van der Waals surface area contributed by atoms with Crippen LogP contribution in [0.4, 0.5) is 0 Å². The number of pyridine rings is 1. The minimum atomic E-state index is 0.187. The van der Waals surface area contributed by atoms with Gasteiger partial charge in [0.1, 0.15) is 5.15 Å². The van der Waals surface area contributed by atoms with Gasteiger partial charge in [0, 0.05) is 38.4 Å². The molecule has 100 valence electrons. The molecule has 1 saturated heterocycles. The van der Waals surface area contributed by atoms with Gasteiger partial charge in [-0.1, -0.05) is 38.4 Å². The van der Waals surface area contributed by atoms with Gasteiger partial charge in [0.25, 0.3) is 0 Å². The lowest BCUT2D eigenvalue weighted by Gasteiger charge is -2.42. The summed E-state index contributed by atoms with van der Waals surface area (Å²) >= 11 is 5.88. The molecule has 0 saturated carbocycles. The Morgan fingerprint density at radius 2 is 1.94 bits per heavy atom. The van der Waals surface area contributed by atoms with E-state index in [-0.39, 0.29) is 5.41 Å². The Labute approximate surface area is 115 Å². The van der Waals surface area contributed by atoms with E-state index in [2.05, 4.69) is 42.0 Å². The molecule has 0 spiro atoms. The van der Waals surface area contributed by atoms with Crippen LogP contribution in [0.5, 0.6) is 0 Å². The van der Waals surface area contributed by atoms with E-state index in [1.54, 1.807) is 0 Å². The minimum Gasteiger partial charge on any atom is -0.314 e. The van der Waals surface area contributed by atoms with Crippen LogP contribution in [0.25, 0.3) is 0 Å². The van der Waals surface area contributed by atoms with Gasteiger partial charge < -0.3 is 5.32 Å². The highest BCUT2D eigenvalue weighted by Crippen LogP contribution is 2.37. The van der Waals surface area contributed by atoms with Crippen molar-refractivity contribution in [3.05, 3.63) is 29.0 Å². The fourth-order valence-electron chi connectivity index (χ4n) is 2.75. The normalized spacial score (nSPS) is 19.8. The highest BCUT2D eigenvalue weighted by atomic mass is 35.5. The largest absolute Gasteiger partial charge is 0.314 e. The van der Waals surface area contributed by atoms with Crippen molar-refractivity contribution in [2.75, 3.05) is 26.2 Å². The predicted octanol–water partition coefficient (Wildman–Crippen LogP) is 2.73. The SMILES string of the molecule is CC(C)(C)[C@H](c1ccc(Cl)nc1)N1CCNCC1. The van der Waals surface area contributed by atoms with Crippen molar-refractivity contribution in [3.63, 3.8) is 0 Å². The maximum absolute atomic E-state index is 5.88. The van der Waals surface area contributed by atoms with E-state index in [0.29, 0.717) is 11.2 Å². The van der Waals surface area contributed by atoms with Gasteiger partial charge in [-0.15, -0.1) is 0 Å². The number of piperazine rings is 1. The maximum Gasteiger partial charge on any atom is 0.129 e. The lowest BCUT2D eigenvalue weighted by atomic mass is 9.81. The van der Waals surface area contributed by atoms with Gasteiger partial charge >= 0.3 is 0 Å². The molecule has 0 aromatic carbocycles. The first kappa shape index (κ1) is 13.8. The van der Waals surface area contributed by atoms with Crippen LogP contribution < -0.4 is 5.32 Å². The average Bonchev–Trinajstić information content (AvgIpc) is 2.32. The molecule has 0 amide bonds. The summed E-state index contributed by atoms with van der Waals surface area (Å²) in [5, 5.41) is 3.96. The molecule has 0 radical (unpaired) electrons. The minimum absolute atomic E-state index is 0.187. The molecule has 1 fully saturated rings. The van der Waals surface area contributed by atoms with Gasteiger partial charge in [0.05, 0.1) is 0 Å². The topological polar surface area (TPSA) is 28.2 Å². The average molecular weight is 268 g/mol. The Hall–Kier alpha value is -0.640. The zero-order valence-corrected chi connectivity index (χ0v) is 12.2. The fourth-order valence-corrected chi connectivity index (χ4v) is 2.86. The molecule has 2 rings (SSSR count). The van der Waals surface area contributed by atoms with Crippen LogP contribution in [0.1, 0.15) is 32.4 Å².